The van der Waals surface area contributed by atoms with Crippen molar-refractivity contribution in [2.45, 2.75) is 31.1 Å². The summed E-state index contributed by atoms with van der Waals surface area (Å²) in [5, 5.41) is 12.4. The highest BCUT2D eigenvalue weighted by Gasteiger charge is 2.35. The van der Waals surface area contributed by atoms with Gasteiger partial charge in [0.1, 0.15) is 0 Å². The van der Waals surface area contributed by atoms with Crippen molar-refractivity contribution in [3.8, 4) is 6.07 Å². The monoisotopic (exact) mass is 368 g/mol. The first-order chi connectivity index (χ1) is 11.1. The summed E-state index contributed by atoms with van der Waals surface area (Å²) in [5.74, 6) is -0.138. The summed E-state index contributed by atoms with van der Waals surface area (Å²) in [4.78, 5) is 12.2. The van der Waals surface area contributed by atoms with E-state index in [0.29, 0.717) is 5.56 Å². The Labute approximate surface area is 144 Å². The molecule has 0 atom stereocenters. The van der Waals surface area contributed by atoms with Crippen LogP contribution >= 0.6 is 15.9 Å². The largest absolute Gasteiger partial charge is 0.322 e. The minimum Gasteiger partial charge on any atom is -0.322 e. The molecule has 2 aromatic rings. The van der Waals surface area contributed by atoms with E-state index in [1.54, 1.807) is 12.1 Å². The highest BCUT2D eigenvalue weighted by molar-refractivity contribution is 9.10. The normalized spacial score (nSPS) is 15.8. The first-order valence-electron chi connectivity index (χ1n) is 7.72. The van der Waals surface area contributed by atoms with Crippen LogP contribution in [0.1, 0.15) is 41.6 Å². The second-order valence-corrected chi connectivity index (χ2v) is 6.86. The molecule has 116 valence electrons. The molecular weight excluding hydrogens is 352 g/mol. The van der Waals surface area contributed by atoms with Crippen molar-refractivity contribution in [2.75, 3.05) is 5.32 Å². The van der Waals surface area contributed by atoms with Crippen LogP contribution in [0.15, 0.2) is 53.0 Å². The van der Waals surface area contributed by atoms with Crippen LogP contribution in [-0.4, -0.2) is 5.91 Å². The fourth-order valence-corrected chi connectivity index (χ4v) is 3.39. The summed E-state index contributed by atoms with van der Waals surface area (Å²) in [6.07, 6.45) is 4.06. The zero-order valence-electron chi connectivity index (χ0n) is 12.7. The highest BCUT2D eigenvalue weighted by Crippen LogP contribution is 2.40. The summed E-state index contributed by atoms with van der Waals surface area (Å²) in [5.41, 5.74) is 2.07. The minimum atomic E-state index is -0.339. The number of carbonyl (C=O) groups is 1. The van der Waals surface area contributed by atoms with Crippen molar-refractivity contribution in [2.24, 2.45) is 0 Å². The molecule has 0 heterocycles. The molecule has 0 saturated heterocycles. The van der Waals surface area contributed by atoms with E-state index >= 15 is 0 Å². The Morgan fingerprint density at radius 2 is 1.65 bits per heavy atom. The van der Waals surface area contributed by atoms with Crippen LogP contribution in [0.2, 0.25) is 0 Å². The summed E-state index contributed by atoms with van der Waals surface area (Å²) in [7, 11) is 0. The van der Waals surface area contributed by atoms with Crippen molar-refractivity contribution in [1.29, 1.82) is 5.26 Å². The Hall–Kier alpha value is -2.12. The zero-order chi connectivity index (χ0) is 16.3. The third-order valence-corrected chi connectivity index (χ3v) is 5.00. The van der Waals surface area contributed by atoms with Gasteiger partial charge in [-0.2, -0.15) is 5.26 Å². The topological polar surface area (TPSA) is 52.9 Å². The number of nitrogens with one attached hydrogen (secondary N) is 1. The van der Waals surface area contributed by atoms with Gasteiger partial charge in [0.15, 0.2) is 0 Å². The van der Waals surface area contributed by atoms with Gasteiger partial charge < -0.3 is 5.32 Å². The number of benzene rings is 2. The fourth-order valence-electron chi connectivity index (χ4n) is 3.12. The Bertz CT molecular complexity index is 738. The van der Waals surface area contributed by atoms with E-state index < -0.39 is 0 Å². The number of amides is 1. The molecule has 4 heteroatoms. The molecule has 0 aromatic heterocycles. The smallest absolute Gasteiger partial charge is 0.255 e. The quantitative estimate of drug-likeness (QED) is 0.824. The molecule has 1 aliphatic carbocycles. The van der Waals surface area contributed by atoms with Crippen LogP contribution < -0.4 is 5.32 Å². The number of rotatable bonds is 3. The van der Waals surface area contributed by atoms with Crippen LogP contribution in [-0.2, 0) is 5.41 Å². The number of hydrogen-bond donors (Lipinski definition) is 1. The summed E-state index contributed by atoms with van der Waals surface area (Å²) >= 11 is 3.36. The molecule has 3 nitrogen and oxygen atoms in total. The van der Waals surface area contributed by atoms with Crippen molar-refractivity contribution in [3.05, 3.63) is 64.1 Å². The van der Waals surface area contributed by atoms with Crippen LogP contribution in [0.5, 0.6) is 0 Å². The maximum atomic E-state index is 12.2. The van der Waals surface area contributed by atoms with Crippen LogP contribution in [0.25, 0.3) is 0 Å². The molecular formula is C19H17BrN2O. The van der Waals surface area contributed by atoms with Crippen LogP contribution in [0.3, 0.4) is 0 Å². The van der Waals surface area contributed by atoms with Gasteiger partial charge in [0.2, 0.25) is 0 Å². The van der Waals surface area contributed by atoms with Crippen LogP contribution in [0.4, 0.5) is 5.69 Å². The van der Waals surface area contributed by atoms with Gasteiger partial charge in [-0.3, -0.25) is 4.79 Å². The minimum absolute atomic E-state index is 0.138. The van der Waals surface area contributed by atoms with Gasteiger partial charge >= 0.3 is 0 Å². The van der Waals surface area contributed by atoms with Crippen LogP contribution in [0, 0.1) is 11.3 Å². The van der Waals surface area contributed by atoms with E-state index in [1.165, 1.54) is 0 Å². The van der Waals surface area contributed by atoms with E-state index in [1.807, 2.05) is 36.4 Å². The standard InChI is InChI=1S/C19H17BrN2O/c20-16-7-3-14(4-8-16)18(23)22-17-9-5-15(6-10-17)19(13-21)11-1-2-12-19/h3-10H,1-2,11-12H2,(H,22,23). The fraction of sp³-hybridized carbons (Fsp3) is 0.263. The second-order valence-electron chi connectivity index (χ2n) is 5.94. The Balaban J connectivity index is 1.74. The van der Waals surface area contributed by atoms with Crippen molar-refractivity contribution in [1.82, 2.24) is 0 Å². The summed E-state index contributed by atoms with van der Waals surface area (Å²) < 4.78 is 0.941. The molecule has 0 unspecified atom stereocenters. The molecule has 1 saturated carbocycles. The Kier molecular flexibility index (Phi) is 4.49. The van der Waals surface area contributed by atoms with E-state index in [2.05, 4.69) is 27.3 Å². The number of nitrogens with zero attached hydrogens (tertiary/aromatic N) is 1. The third kappa shape index (κ3) is 3.30. The first-order valence-corrected chi connectivity index (χ1v) is 8.51. The molecule has 2 aromatic carbocycles. The van der Waals surface area contributed by atoms with Gasteiger partial charge in [-0.25, -0.2) is 0 Å². The average Bonchev–Trinajstić information content (AvgIpc) is 3.06. The molecule has 1 N–H and O–H groups in total. The molecule has 0 spiro atoms. The lowest BCUT2D eigenvalue weighted by molar-refractivity contribution is 0.102. The Morgan fingerprint density at radius 3 is 2.22 bits per heavy atom. The number of nitriles is 1. The van der Waals surface area contributed by atoms with Gasteiger partial charge in [0.05, 0.1) is 11.5 Å². The molecule has 3 rings (SSSR count). The van der Waals surface area contributed by atoms with E-state index in [0.717, 1.165) is 41.4 Å². The predicted octanol–water partition coefficient (Wildman–Crippen LogP) is 5.04. The average molecular weight is 369 g/mol. The molecule has 1 fully saturated rings. The number of anilines is 1. The zero-order valence-corrected chi connectivity index (χ0v) is 14.3. The van der Waals surface area contributed by atoms with Crippen molar-refractivity contribution >= 4 is 27.5 Å². The van der Waals surface area contributed by atoms with E-state index in [4.69, 9.17) is 0 Å². The molecule has 0 bridgehead atoms. The predicted molar refractivity (Wildman–Crippen MR) is 94.3 cm³/mol. The summed E-state index contributed by atoms with van der Waals surface area (Å²) in [6, 6.07) is 17.4. The molecule has 1 amide bonds. The molecule has 0 radical (unpaired) electrons. The van der Waals surface area contributed by atoms with Crippen molar-refractivity contribution < 1.29 is 4.79 Å². The Morgan fingerprint density at radius 1 is 1.04 bits per heavy atom. The maximum Gasteiger partial charge on any atom is 0.255 e. The van der Waals surface area contributed by atoms with Gasteiger partial charge in [-0.15, -0.1) is 0 Å². The van der Waals surface area contributed by atoms with E-state index in [-0.39, 0.29) is 11.3 Å². The van der Waals surface area contributed by atoms with Gasteiger partial charge in [0.25, 0.3) is 5.91 Å². The third-order valence-electron chi connectivity index (χ3n) is 4.47. The van der Waals surface area contributed by atoms with Crippen molar-refractivity contribution in [3.63, 3.8) is 0 Å². The molecule has 23 heavy (non-hydrogen) atoms. The summed E-state index contributed by atoms with van der Waals surface area (Å²) in [6.45, 7) is 0. The maximum absolute atomic E-state index is 12.2. The SMILES string of the molecule is N#CC1(c2ccc(NC(=O)c3ccc(Br)cc3)cc2)CCCC1. The van der Waals surface area contributed by atoms with Gasteiger partial charge in [0, 0.05) is 15.7 Å². The number of halogens is 1. The van der Waals surface area contributed by atoms with Gasteiger partial charge in [-0.1, -0.05) is 40.9 Å². The first kappa shape index (κ1) is 15.8. The lowest BCUT2D eigenvalue weighted by Gasteiger charge is -2.20. The number of carbonyl (C=O) groups excluding carboxylic acids is 1. The lowest BCUT2D eigenvalue weighted by atomic mass is 9.80. The lowest BCUT2D eigenvalue weighted by Crippen LogP contribution is -2.19. The highest BCUT2D eigenvalue weighted by atomic mass is 79.9. The van der Waals surface area contributed by atoms with E-state index in [9.17, 15) is 10.1 Å². The van der Waals surface area contributed by atoms with Gasteiger partial charge in [-0.05, 0) is 54.8 Å². The second kappa shape index (κ2) is 6.55. The number of hydrogen-bond acceptors (Lipinski definition) is 2. The molecule has 1 aliphatic rings. The molecule has 0 aliphatic heterocycles.